The van der Waals surface area contributed by atoms with Gasteiger partial charge in [0.05, 0.1) is 5.39 Å². The maximum Gasteiger partial charge on any atom is 0.364 e. The van der Waals surface area contributed by atoms with Crippen LogP contribution in [0, 0.1) is 0 Å². The second-order valence-electron chi connectivity index (χ2n) is 7.06. The smallest absolute Gasteiger partial charge is 0.364 e. The molecule has 4 aromatic rings. The zero-order valence-electron chi connectivity index (χ0n) is 17.2. The number of fused-ring (bicyclic) bond motifs is 1. The summed E-state index contributed by atoms with van der Waals surface area (Å²) < 4.78 is 12.6. The fourth-order valence-electron chi connectivity index (χ4n) is 3.25. The molecule has 4 rings (SSSR count). The van der Waals surface area contributed by atoms with E-state index in [0.29, 0.717) is 35.4 Å². The molecule has 0 aliphatic carbocycles. The van der Waals surface area contributed by atoms with E-state index >= 15 is 0 Å². The molecule has 1 heterocycles. The first kappa shape index (κ1) is 20.3. The number of ether oxygens (including phenoxy) is 2. The molecular weight excluding hydrogens is 392 g/mol. The first-order chi connectivity index (χ1) is 15.2. The maximum atomic E-state index is 12.9. The minimum absolute atomic E-state index is 0.119. The largest absolute Gasteiger partial charge is 0.489 e. The highest BCUT2D eigenvalue weighted by molar-refractivity contribution is 6.02. The molecule has 0 aliphatic rings. The summed E-state index contributed by atoms with van der Waals surface area (Å²) in [7, 11) is 0. The Morgan fingerprint density at radius 1 is 0.871 bits per heavy atom. The van der Waals surface area contributed by atoms with Gasteiger partial charge in [-0.05, 0) is 42.3 Å². The van der Waals surface area contributed by atoms with Gasteiger partial charge in [-0.3, -0.25) is 4.79 Å². The average Bonchev–Trinajstić information content (AvgIpc) is 2.81. The summed E-state index contributed by atoms with van der Waals surface area (Å²) in [5, 5.41) is 5.20. The van der Waals surface area contributed by atoms with Crippen LogP contribution in [0.5, 0.6) is 11.5 Å². The minimum atomic E-state index is -0.612. The van der Waals surface area contributed by atoms with Crippen molar-refractivity contribution in [1.82, 2.24) is 9.78 Å². The zero-order valence-corrected chi connectivity index (χ0v) is 17.2. The maximum absolute atomic E-state index is 12.9. The van der Waals surface area contributed by atoms with Crippen LogP contribution in [0.25, 0.3) is 10.8 Å². The Balaban J connectivity index is 1.52. The molecule has 0 amide bonds. The Bertz CT molecular complexity index is 1250. The van der Waals surface area contributed by atoms with Gasteiger partial charge in [-0.25, -0.2) is 9.48 Å². The second-order valence-corrected chi connectivity index (χ2v) is 7.06. The van der Waals surface area contributed by atoms with E-state index < -0.39 is 5.97 Å². The molecule has 0 aliphatic heterocycles. The zero-order chi connectivity index (χ0) is 21.6. The first-order valence-electron chi connectivity index (χ1n) is 10.1. The van der Waals surface area contributed by atoms with Gasteiger partial charge in [-0.2, -0.15) is 5.10 Å². The van der Waals surface area contributed by atoms with Crippen LogP contribution in [-0.2, 0) is 13.2 Å². The van der Waals surface area contributed by atoms with Gasteiger partial charge in [-0.1, -0.05) is 55.5 Å². The summed E-state index contributed by atoms with van der Waals surface area (Å²) in [5.74, 6) is 0.430. The van der Waals surface area contributed by atoms with Crippen molar-refractivity contribution >= 4 is 16.7 Å². The lowest BCUT2D eigenvalue weighted by Gasteiger charge is -2.11. The molecule has 1 aromatic heterocycles. The molecule has 0 spiro atoms. The van der Waals surface area contributed by atoms with Crippen molar-refractivity contribution < 1.29 is 14.3 Å². The van der Waals surface area contributed by atoms with Gasteiger partial charge in [-0.15, -0.1) is 0 Å². The van der Waals surface area contributed by atoms with Crippen LogP contribution in [0.2, 0.25) is 0 Å². The van der Waals surface area contributed by atoms with Crippen molar-refractivity contribution in [3.8, 4) is 11.5 Å². The van der Waals surface area contributed by atoms with Gasteiger partial charge in [0.15, 0.2) is 5.69 Å². The van der Waals surface area contributed by atoms with Crippen molar-refractivity contribution in [2.75, 3.05) is 0 Å². The molecule has 31 heavy (non-hydrogen) atoms. The SMILES string of the molecule is CCCn1nc(C(=O)Oc2ccc(OCc3ccccc3)cc2)c2ccccc2c1=O. The molecule has 6 nitrogen and oxygen atoms in total. The van der Waals surface area contributed by atoms with Crippen LogP contribution in [0.4, 0.5) is 0 Å². The van der Waals surface area contributed by atoms with E-state index in [4.69, 9.17) is 9.47 Å². The number of hydrogen-bond acceptors (Lipinski definition) is 5. The van der Waals surface area contributed by atoms with Gasteiger partial charge in [0, 0.05) is 11.9 Å². The van der Waals surface area contributed by atoms with E-state index in [1.165, 1.54) is 4.68 Å². The third kappa shape index (κ3) is 4.64. The number of esters is 1. The van der Waals surface area contributed by atoms with Gasteiger partial charge in [0.2, 0.25) is 0 Å². The number of aromatic nitrogens is 2. The number of carbonyl (C=O) groups is 1. The highest BCUT2D eigenvalue weighted by Gasteiger charge is 2.18. The molecule has 0 N–H and O–H groups in total. The van der Waals surface area contributed by atoms with Crippen molar-refractivity contribution in [2.24, 2.45) is 0 Å². The van der Waals surface area contributed by atoms with Crippen LogP contribution in [0.3, 0.4) is 0 Å². The summed E-state index contributed by atoms with van der Waals surface area (Å²) in [6.45, 7) is 2.83. The van der Waals surface area contributed by atoms with Crippen molar-refractivity contribution in [3.63, 3.8) is 0 Å². The first-order valence-corrected chi connectivity index (χ1v) is 10.1. The Labute approximate surface area is 179 Å². The number of carbonyl (C=O) groups excluding carboxylic acids is 1. The van der Waals surface area contributed by atoms with Crippen LogP contribution >= 0.6 is 0 Å². The number of rotatable bonds is 7. The summed E-state index contributed by atoms with van der Waals surface area (Å²) >= 11 is 0. The van der Waals surface area contributed by atoms with Gasteiger partial charge >= 0.3 is 5.97 Å². The summed E-state index contributed by atoms with van der Waals surface area (Å²) in [4.78, 5) is 25.4. The molecule has 0 saturated heterocycles. The van der Waals surface area contributed by atoms with Crippen LogP contribution in [0.15, 0.2) is 83.7 Å². The Hall–Kier alpha value is -3.93. The van der Waals surface area contributed by atoms with E-state index in [-0.39, 0.29) is 11.3 Å². The third-order valence-corrected chi connectivity index (χ3v) is 4.78. The number of nitrogens with zero attached hydrogens (tertiary/aromatic N) is 2. The fraction of sp³-hybridized carbons (Fsp3) is 0.160. The van der Waals surface area contributed by atoms with Gasteiger partial charge < -0.3 is 9.47 Å². The average molecular weight is 414 g/mol. The van der Waals surface area contributed by atoms with Crippen molar-refractivity contribution in [1.29, 1.82) is 0 Å². The number of aryl methyl sites for hydroxylation is 1. The standard InChI is InChI=1S/C25H22N2O4/c1-2-16-27-24(28)22-11-7-6-10-21(22)23(26-27)25(29)31-20-14-12-19(13-15-20)30-17-18-8-4-3-5-9-18/h3-15H,2,16-17H2,1H3. The molecule has 6 heteroatoms. The van der Waals surface area contributed by atoms with Crippen LogP contribution in [0.1, 0.15) is 29.4 Å². The normalized spacial score (nSPS) is 10.7. The highest BCUT2D eigenvalue weighted by atomic mass is 16.5. The van der Waals surface area contributed by atoms with Crippen molar-refractivity contribution in [2.45, 2.75) is 26.5 Å². The molecule has 0 radical (unpaired) electrons. The van der Waals surface area contributed by atoms with Gasteiger partial charge in [0.1, 0.15) is 18.1 Å². The predicted molar refractivity (Wildman–Crippen MR) is 118 cm³/mol. The van der Waals surface area contributed by atoms with Crippen LogP contribution in [-0.4, -0.2) is 15.7 Å². The lowest BCUT2D eigenvalue weighted by molar-refractivity contribution is 0.0728. The summed E-state index contributed by atoms with van der Waals surface area (Å²) in [5.41, 5.74) is 0.972. The number of benzene rings is 3. The summed E-state index contributed by atoms with van der Waals surface area (Å²) in [6, 6.07) is 23.6. The number of hydrogen-bond donors (Lipinski definition) is 0. The van der Waals surface area contributed by atoms with E-state index in [1.54, 1.807) is 48.5 Å². The third-order valence-electron chi connectivity index (χ3n) is 4.78. The molecule has 0 unspecified atom stereocenters. The Morgan fingerprint density at radius 2 is 1.52 bits per heavy atom. The van der Waals surface area contributed by atoms with Gasteiger partial charge in [0.25, 0.3) is 5.56 Å². The molecule has 3 aromatic carbocycles. The van der Waals surface area contributed by atoms with E-state index in [0.717, 1.165) is 12.0 Å². The van der Waals surface area contributed by atoms with E-state index in [2.05, 4.69) is 5.10 Å². The second kappa shape index (κ2) is 9.26. The lowest BCUT2D eigenvalue weighted by atomic mass is 10.1. The summed E-state index contributed by atoms with van der Waals surface area (Å²) in [6.07, 6.45) is 0.726. The van der Waals surface area contributed by atoms with E-state index in [1.807, 2.05) is 37.3 Å². The minimum Gasteiger partial charge on any atom is -0.489 e. The molecule has 0 atom stereocenters. The molecule has 0 saturated carbocycles. The van der Waals surface area contributed by atoms with E-state index in [9.17, 15) is 9.59 Å². The highest BCUT2D eigenvalue weighted by Crippen LogP contribution is 2.21. The molecule has 156 valence electrons. The molecule has 0 fully saturated rings. The van der Waals surface area contributed by atoms with Crippen LogP contribution < -0.4 is 15.0 Å². The van der Waals surface area contributed by atoms with Crippen molar-refractivity contribution in [3.05, 3.63) is 100 Å². The monoisotopic (exact) mass is 414 g/mol. The predicted octanol–water partition coefficient (Wildman–Crippen LogP) is 4.60. The Kier molecular flexibility index (Phi) is 6.08. The lowest BCUT2D eigenvalue weighted by Crippen LogP contribution is -2.27. The quantitative estimate of drug-likeness (QED) is 0.326. The fourth-order valence-corrected chi connectivity index (χ4v) is 3.25. The molecular formula is C25H22N2O4. The topological polar surface area (TPSA) is 70.4 Å². The Morgan fingerprint density at radius 3 is 2.23 bits per heavy atom. The molecule has 0 bridgehead atoms.